The minimum Gasteiger partial charge on any atom is -0.488 e. The van der Waals surface area contributed by atoms with E-state index in [4.69, 9.17) is 4.74 Å². The number of halogens is 3. The van der Waals surface area contributed by atoms with Crippen LogP contribution in [0.15, 0.2) is 42.9 Å². The van der Waals surface area contributed by atoms with Crippen molar-refractivity contribution < 1.29 is 51.4 Å². The van der Waals surface area contributed by atoms with Gasteiger partial charge in [0.1, 0.15) is 41.4 Å². The first-order chi connectivity index (χ1) is 27.4. The monoisotopic (exact) mass is 815 g/mol. The van der Waals surface area contributed by atoms with Gasteiger partial charge in [-0.05, 0) is 55.6 Å². The lowest BCUT2D eigenvalue weighted by atomic mass is 9.82. The summed E-state index contributed by atoms with van der Waals surface area (Å²) < 4.78 is 49.0. The summed E-state index contributed by atoms with van der Waals surface area (Å²) in [5, 5.41) is 11.0. The molecule has 18 heteroatoms. The summed E-state index contributed by atoms with van der Waals surface area (Å²) in [5.74, 6) is -5.10. The second-order valence-corrected chi connectivity index (χ2v) is 16.2. The average Bonchev–Trinajstić information content (AvgIpc) is 3.89. The molecule has 2 aliphatic carbocycles. The Morgan fingerprint density at radius 3 is 2.26 bits per heavy atom. The highest BCUT2D eigenvalue weighted by molar-refractivity contribution is 6.38. The molecular weight excluding hydrogens is 763 g/mol. The van der Waals surface area contributed by atoms with E-state index in [9.17, 15) is 41.9 Å². The van der Waals surface area contributed by atoms with Crippen LogP contribution in [0.1, 0.15) is 102 Å². The molecule has 3 aliphatic rings. The number of carbonyl (C=O) groups is 6. The SMILES string of the molecule is CCC[C@H](NC(=O)[C@@H]1C[C@@H](Oc2cccc(OC(F)(F)F)c2)CN1C(=O)[C@@H](NC(=O)[C@@H](NC(=O)c1cnccn1)C1CCCCC1)C(C)(C)C)C(=O)C(=O)NC1CC1. The van der Waals surface area contributed by atoms with Crippen molar-refractivity contribution in [1.29, 1.82) is 0 Å². The third-order valence-corrected chi connectivity index (χ3v) is 10.4. The number of aromatic nitrogens is 2. The fourth-order valence-electron chi connectivity index (χ4n) is 7.32. The number of amides is 5. The number of hydrogen-bond donors (Lipinski definition) is 4. The Morgan fingerprint density at radius 1 is 0.931 bits per heavy atom. The van der Waals surface area contributed by atoms with Gasteiger partial charge in [0.15, 0.2) is 0 Å². The predicted molar refractivity (Wildman–Crippen MR) is 202 cm³/mol. The number of nitrogens with zero attached hydrogens (tertiary/aromatic N) is 3. The molecule has 5 atom stereocenters. The maximum absolute atomic E-state index is 14.8. The predicted octanol–water partition coefficient (Wildman–Crippen LogP) is 3.77. The fraction of sp³-hybridized carbons (Fsp3) is 0.600. The third-order valence-electron chi connectivity index (χ3n) is 10.4. The van der Waals surface area contributed by atoms with Crippen molar-refractivity contribution in [2.24, 2.45) is 11.3 Å². The highest BCUT2D eigenvalue weighted by Gasteiger charge is 2.47. The lowest BCUT2D eigenvalue weighted by Crippen LogP contribution is -2.62. The molecule has 3 fully saturated rings. The van der Waals surface area contributed by atoms with Gasteiger partial charge >= 0.3 is 6.36 Å². The van der Waals surface area contributed by atoms with Crippen molar-refractivity contribution in [1.82, 2.24) is 36.1 Å². The molecule has 1 saturated heterocycles. The Bertz CT molecular complexity index is 1800. The minimum absolute atomic E-state index is 0.0110. The summed E-state index contributed by atoms with van der Waals surface area (Å²) in [6.07, 6.45) is 4.07. The summed E-state index contributed by atoms with van der Waals surface area (Å²) in [5.41, 5.74) is -0.944. The maximum atomic E-state index is 14.8. The molecule has 1 aromatic carbocycles. The molecule has 316 valence electrons. The van der Waals surface area contributed by atoms with E-state index >= 15 is 0 Å². The van der Waals surface area contributed by atoms with Gasteiger partial charge in [-0.1, -0.05) is 59.4 Å². The van der Waals surface area contributed by atoms with Crippen LogP contribution in [0.2, 0.25) is 0 Å². The minimum atomic E-state index is -4.96. The second-order valence-electron chi connectivity index (χ2n) is 16.2. The van der Waals surface area contributed by atoms with E-state index < -0.39 is 83.1 Å². The Morgan fingerprint density at radius 2 is 1.64 bits per heavy atom. The lowest BCUT2D eigenvalue weighted by molar-refractivity contribution is -0.274. The molecule has 2 saturated carbocycles. The molecule has 1 aliphatic heterocycles. The van der Waals surface area contributed by atoms with Gasteiger partial charge in [0, 0.05) is 30.9 Å². The van der Waals surface area contributed by atoms with E-state index in [1.807, 2.05) is 0 Å². The van der Waals surface area contributed by atoms with E-state index in [0.717, 1.165) is 44.2 Å². The van der Waals surface area contributed by atoms with Crippen molar-refractivity contribution in [3.63, 3.8) is 0 Å². The van der Waals surface area contributed by atoms with Gasteiger partial charge in [0.2, 0.25) is 23.5 Å². The Labute approximate surface area is 335 Å². The number of ether oxygens (including phenoxy) is 2. The van der Waals surface area contributed by atoms with Crippen LogP contribution in [0.3, 0.4) is 0 Å². The number of alkyl halides is 3. The van der Waals surface area contributed by atoms with Gasteiger partial charge in [-0.3, -0.25) is 33.8 Å². The zero-order valence-corrected chi connectivity index (χ0v) is 33.1. The normalized spacial score (nSPS) is 20.2. The van der Waals surface area contributed by atoms with Crippen LogP contribution in [0, 0.1) is 11.3 Å². The largest absolute Gasteiger partial charge is 0.573 e. The first-order valence-electron chi connectivity index (χ1n) is 19.8. The quantitative estimate of drug-likeness (QED) is 0.181. The number of carbonyl (C=O) groups excluding carboxylic acids is 6. The molecule has 4 N–H and O–H groups in total. The van der Waals surface area contributed by atoms with Gasteiger partial charge in [0.25, 0.3) is 11.8 Å². The first kappa shape index (κ1) is 43.8. The zero-order valence-electron chi connectivity index (χ0n) is 33.1. The summed E-state index contributed by atoms with van der Waals surface area (Å²) in [7, 11) is 0. The Hall–Kier alpha value is -5.29. The first-order valence-corrected chi connectivity index (χ1v) is 19.8. The number of ketones is 1. The van der Waals surface area contributed by atoms with Crippen molar-refractivity contribution in [3.8, 4) is 11.5 Å². The van der Waals surface area contributed by atoms with Crippen LogP contribution in [0.5, 0.6) is 11.5 Å². The van der Waals surface area contributed by atoms with Crippen LogP contribution in [-0.4, -0.2) is 99.4 Å². The summed E-state index contributed by atoms with van der Waals surface area (Å²) in [4.78, 5) is 91.6. The van der Waals surface area contributed by atoms with E-state index in [-0.39, 0.29) is 42.8 Å². The third kappa shape index (κ3) is 12.1. The fourth-order valence-corrected chi connectivity index (χ4v) is 7.32. The van der Waals surface area contributed by atoms with E-state index in [2.05, 4.69) is 36.0 Å². The molecular formula is C40H52F3N7O8. The molecule has 2 heterocycles. The zero-order chi connectivity index (χ0) is 42.2. The second kappa shape index (κ2) is 19.0. The maximum Gasteiger partial charge on any atom is 0.573 e. The molecule has 0 bridgehead atoms. The van der Waals surface area contributed by atoms with Crippen LogP contribution in [0.4, 0.5) is 13.2 Å². The summed E-state index contributed by atoms with van der Waals surface area (Å²) >= 11 is 0. The van der Waals surface area contributed by atoms with Crippen molar-refractivity contribution in [2.75, 3.05) is 6.54 Å². The van der Waals surface area contributed by atoms with Crippen molar-refractivity contribution in [2.45, 2.75) is 135 Å². The van der Waals surface area contributed by atoms with Gasteiger partial charge in [-0.25, -0.2) is 4.98 Å². The van der Waals surface area contributed by atoms with Crippen LogP contribution >= 0.6 is 0 Å². The molecule has 0 spiro atoms. The number of Topliss-reactive ketones (excluding diaryl/α,β-unsaturated/α-hetero) is 1. The molecule has 5 amide bonds. The highest BCUT2D eigenvalue weighted by atomic mass is 19.4. The van der Waals surface area contributed by atoms with E-state index in [1.165, 1.54) is 35.6 Å². The molecule has 0 radical (unpaired) electrons. The van der Waals surface area contributed by atoms with Gasteiger partial charge in [-0.15, -0.1) is 13.2 Å². The van der Waals surface area contributed by atoms with E-state index in [0.29, 0.717) is 19.3 Å². The topological polar surface area (TPSA) is 198 Å². The molecule has 0 unspecified atom stereocenters. The number of rotatable bonds is 16. The van der Waals surface area contributed by atoms with Crippen molar-refractivity contribution >= 4 is 35.3 Å². The number of nitrogens with one attached hydrogen (secondary N) is 4. The molecule has 5 rings (SSSR count). The summed E-state index contributed by atoms with van der Waals surface area (Å²) in [6, 6.07) is -0.0465. The Kier molecular flexibility index (Phi) is 14.3. The number of hydrogen-bond acceptors (Lipinski definition) is 10. The number of likely N-dealkylation sites (tertiary alicyclic amines) is 1. The van der Waals surface area contributed by atoms with Crippen LogP contribution in [0.25, 0.3) is 0 Å². The number of benzene rings is 1. The van der Waals surface area contributed by atoms with Gasteiger partial charge < -0.3 is 35.6 Å². The van der Waals surface area contributed by atoms with Gasteiger partial charge in [-0.2, -0.15) is 0 Å². The van der Waals surface area contributed by atoms with Crippen molar-refractivity contribution in [3.05, 3.63) is 48.5 Å². The standard InChI is InChI=1S/C40H52F3N7O8/c1-5-10-28(32(51)37(55)46-24-15-16-24)47-35(53)30-20-27(57-25-13-9-14-26(19-25)58-40(41,42)43)22-50(30)38(56)33(39(2,3)4)49-36(54)31(23-11-7-6-8-12-23)48-34(52)29-21-44-17-18-45-29/h9,13-14,17-19,21,23-24,27-28,30-31,33H,5-8,10-12,15-16,20,22H2,1-4H3,(H,46,55)(H,47,53)(H,48,52)(H,49,54)/t27-,28+,30+,31+,33-/m1/s1. The average molecular weight is 816 g/mol. The molecule has 58 heavy (non-hydrogen) atoms. The molecule has 1 aromatic heterocycles. The van der Waals surface area contributed by atoms with Gasteiger partial charge in [0.05, 0.1) is 18.8 Å². The van der Waals surface area contributed by atoms with Crippen LogP contribution < -0.4 is 30.7 Å². The highest BCUT2D eigenvalue weighted by Crippen LogP contribution is 2.32. The van der Waals surface area contributed by atoms with Crippen LogP contribution in [-0.2, 0) is 24.0 Å². The lowest BCUT2D eigenvalue weighted by Gasteiger charge is -2.37. The summed E-state index contributed by atoms with van der Waals surface area (Å²) in [6.45, 7) is 6.73. The Balaban J connectivity index is 1.41. The smallest absolute Gasteiger partial charge is 0.488 e. The van der Waals surface area contributed by atoms with E-state index in [1.54, 1.807) is 27.7 Å². The molecule has 2 aromatic rings. The molecule has 15 nitrogen and oxygen atoms in total.